The highest BCUT2D eigenvalue weighted by molar-refractivity contribution is 5.70. The first-order valence-corrected chi connectivity index (χ1v) is 4.35. The molecule has 1 aromatic heterocycles. The van der Waals surface area contributed by atoms with Crippen LogP contribution in [0.3, 0.4) is 0 Å². The Morgan fingerprint density at radius 3 is 2.73 bits per heavy atom. The number of hydrogen-bond donors (Lipinski definition) is 2. The number of aromatic nitrogens is 2. The van der Waals surface area contributed by atoms with E-state index in [-0.39, 0.29) is 5.82 Å². The van der Waals surface area contributed by atoms with E-state index in [1.54, 1.807) is 12.1 Å². The predicted octanol–water partition coefficient (Wildman–Crippen LogP) is 1.57. The first-order chi connectivity index (χ1) is 7.31. The fraction of sp³-hybridized carbons (Fsp3) is 0. The zero-order valence-electron chi connectivity index (χ0n) is 7.81. The van der Waals surface area contributed by atoms with Crippen LogP contribution < -0.4 is 11.3 Å². The SMILES string of the molecule is NNc1nccnc1-c1cccc(F)c1. The van der Waals surface area contributed by atoms with E-state index in [4.69, 9.17) is 5.84 Å². The standard InChI is InChI=1S/C10H9FN4/c11-8-3-1-2-7(6-8)9-10(15-12)14-5-4-13-9/h1-6H,12H2,(H,14,15). The van der Waals surface area contributed by atoms with Crippen LogP contribution in [0.5, 0.6) is 0 Å². The summed E-state index contributed by atoms with van der Waals surface area (Å²) in [6, 6.07) is 6.11. The Balaban J connectivity index is 2.53. The molecule has 0 unspecified atom stereocenters. The molecule has 3 N–H and O–H groups in total. The van der Waals surface area contributed by atoms with Crippen molar-refractivity contribution in [2.45, 2.75) is 0 Å². The van der Waals surface area contributed by atoms with Crippen LogP contribution in [0, 0.1) is 5.82 Å². The van der Waals surface area contributed by atoms with Crippen molar-refractivity contribution in [3.63, 3.8) is 0 Å². The largest absolute Gasteiger partial charge is 0.307 e. The third-order valence-electron chi connectivity index (χ3n) is 1.93. The van der Waals surface area contributed by atoms with Crippen molar-refractivity contribution in [2.24, 2.45) is 5.84 Å². The second-order valence-electron chi connectivity index (χ2n) is 2.91. The molecule has 0 aliphatic rings. The highest BCUT2D eigenvalue weighted by Gasteiger charge is 2.06. The Kier molecular flexibility index (Phi) is 2.55. The number of nitrogens with one attached hydrogen (secondary N) is 1. The second-order valence-corrected chi connectivity index (χ2v) is 2.91. The summed E-state index contributed by atoms with van der Waals surface area (Å²) in [4.78, 5) is 8.07. The van der Waals surface area contributed by atoms with Gasteiger partial charge in [0.05, 0.1) is 0 Å². The monoisotopic (exact) mass is 204 g/mol. The molecule has 76 valence electrons. The molecular weight excluding hydrogens is 195 g/mol. The molecule has 15 heavy (non-hydrogen) atoms. The van der Waals surface area contributed by atoms with Gasteiger partial charge in [-0.3, -0.25) is 4.98 Å². The zero-order chi connectivity index (χ0) is 10.7. The maximum atomic E-state index is 13.0. The molecule has 2 rings (SSSR count). The quantitative estimate of drug-likeness (QED) is 0.575. The normalized spacial score (nSPS) is 10.0. The van der Waals surface area contributed by atoms with Gasteiger partial charge in [-0.2, -0.15) is 0 Å². The van der Waals surface area contributed by atoms with Crippen LogP contribution in [0.25, 0.3) is 11.3 Å². The van der Waals surface area contributed by atoms with Crippen molar-refractivity contribution < 1.29 is 4.39 Å². The lowest BCUT2D eigenvalue weighted by Gasteiger charge is -2.05. The number of anilines is 1. The van der Waals surface area contributed by atoms with Gasteiger partial charge in [0, 0.05) is 18.0 Å². The van der Waals surface area contributed by atoms with E-state index in [9.17, 15) is 4.39 Å². The van der Waals surface area contributed by atoms with E-state index in [2.05, 4.69) is 15.4 Å². The number of benzene rings is 1. The number of rotatable bonds is 2. The molecular formula is C10H9FN4. The molecule has 0 spiro atoms. The van der Waals surface area contributed by atoms with Crippen LogP contribution in [0.1, 0.15) is 0 Å². The van der Waals surface area contributed by atoms with Gasteiger partial charge in [0.2, 0.25) is 0 Å². The lowest BCUT2D eigenvalue weighted by molar-refractivity contribution is 0.628. The summed E-state index contributed by atoms with van der Waals surface area (Å²) in [5.41, 5.74) is 3.58. The maximum Gasteiger partial charge on any atom is 0.166 e. The van der Waals surface area contributed by atoms with Gasteiger partial charge in [-0.05, 0) is 12.1 Å². The first-order valence-electron chi connectivity index (χ1n) is 4.35. The molecule has 5 heteroatoms. The minimum absolute atomic E-state index is 0.318. The van der Waals surface area contributed by atoms with Crippen LogP contribution >= 0.6 is 0 Å². The van der Waals surface area contributed by atoms with Crippen LogP contribution in [0.15, 0.2) is 36.7 Å². The van der Waals surface area contributed by atoms with Crippen molar-refractivity contribution in [2.75, 3.05) is 5.43 Å². The van der Waals surface area contributed by atoms with E-state index in [0.717, 1.165) is 0 Å². The van der Waals surface area contributed by atoms with Crippen LogP contribution in [-0.4, -0.2) is 9.97 Å². The van der Waals surface area contributed by atoms with E-state index >= 15 is 0 Å². The molecule has 0 atom stereocenters. The van der Waals surface area contributed by atoms with Crippen molar-refractivity contribution in [1.82, 2.24) is 9.97 Å². The Bertz CT molecular complexity index is 472. The molecule has 0 fully saturated rings. The Morgan fingerprint density at radius 1 is 1.20 bits per heavy atom. The van der Waals surface area contributed by atoms with Gasteiger partial charge in [0.25, 0.3) is 0 Å². The number of hydrogen-bond acceptors (Lipinski definition) is 4. The van der Waals surface area contributed by atoms with E-state index in [0.29, 0.717) is 17.1 Å². The fourth-order valence-electron chi connectivity index (χ4n) is 1.29. The molecule has 0 aliphatic carbocycles. The zero-order valence-corrected chi connectivity index (χ0v) is 7.81. The van der Waals surface area contributed by atoms with Gasteiger partial charge in [0.1, 0.15) is 11.5 Å². The van der Waals surface area contributed by atoms with Gasteiger partial charge < -0.3 is 5.43 Å². The fourth-order valence-corrected chi connectivity index (χ4v) is 1.29. The van der Waals surface area contributed by atoms with Crippen LogP contribution in [0.4, 0.5) is 10.2 Å². The van der Waals surface area contributed by atoms with Crippen molar-refractivity contribution in [1.29, 1.82) is 0 Å². The molecule has 2 aromatic rings. The lowest BCUT2D eigenvalue weighted by atomic mass is 10.1. The molecule has 0 aliphatic heterocycles. The van der Waals surface area contributed by atoms with E-state index in [1.165, 1.54) is 24.5 Å². The van der Waals surface area contributed by atoms with Gasteiger partial charge >= 0.3 is 0 Å². The minimum Gasteiger partial charge on any atom is -0.307 e. The Labute approximate surface area is 86.0 Å². The summed E-state index contributed by atoms with van der Waals surface area (Å²) < 4.78 is 13.0. The summed E-state index contributed by atoms with van der Waals surface area (Å²) in [7, 11) is 0. The number of hydrazine groups is 1. The molecule has 4 nitrogen and oxygen atoms in total. The highest BCUT2D eigenvalue weighted by atomic mass is 19.1. The summed E-state index contributed by atoms with van der Waals surface area (Å²) in [6.45, 7) is 0. The maximum absolute atomic E-state index is 13.0. The smallest absolute Gasteiger partial charge is 0.166 e. The molecule has 0 saturated carbocycles. The highest BCUT2D eigenvalue weighted by Crippen LogP contribution is 2.22. The average Bonchev–Trinajstić information content (AvgIpc) is 2.29. The first kappa shape index (κ1) is 9.54. The lowest BCUT2D eigenvalue weighted by Crippen LogP contribution is -2.10. The minimum atomic E-state index is -0.318. The third kappa shape index (κ3) is 1.92. The number of halogens is 1. The number of nitrogens with two attached hydrogens (primary N) is 1. The molecule has 1 aromatic carbocycles. The Hall–Kier alpha value is -2.01. The van der Waals surface area contributed by atoms with Gasteiger partial charge in [0.15, 0.2) is 5.82 Å². The van der Waals surface area contributed by atoms with E-state index < -0.39 is 0 Å². The van der Waals surface area contributed by atoms with Gasteiger partial charge in [-0.1, -0.05) is 12.1 Å². The summed E-state index contributed by atoms with van der Waals surface area (Å²) in [5, 5.41) is 0. The van der Waals surface area contributed by atoms with Crippen LogP contribution in [0.2, 0.25) is 0 Å². The van der Waals surface area contributed by atoms with Crippen molar-refractivity contribution in [3.05, 3.63) is 42.5 Å². The summed E-state index contributed by atoms with van der Waals surface area (Å²) in [5.74, 6) is 5.38. The second kappa shape index (κ2) is 4.02. The molecule has 0 saturated heterocycles. The number of nitrogen functional groups attached to an aromatic ring is 1. The topological polar surface area (TPSA) is 63.8 Å². The van der Waals surface area contributed by atoms with Gasteiger partial charge in [-0.25, -0.2) is 15.2 Å². The van der Waals surface area contributed by atoms with Crippen LogP contribution in [-0.2, 0) is 0 Å². The molecule has 1 heterocycles. The van der Waals surface area contributed by atoms with E-state index in [1.807, 2.05) is 0 Å². The number of nitrogens with zero attached hydrogens (tertiary/aromatic N) is 2. The van der Waals surface area contributed by atoms with Gasteiger partial charge in [-0.15, -0.1) is 0 Å². The van der Waals surface area contributed by atoms with Crippen molar-refractivity contribution in [3.8, 4) is 11.3 Å². The third-order valence-corrected chi connectivity index (χ3v) is 1.93. The predicted molar refractivity (Wildman–Crippen MR) is 55.2 cm³/mol. The molecule has 0 amide bonds. The molecule has 0 bridgehead atoms. The summed E-state index contributed by atoms with van der Waals surface area (Å²) >= 11 is 0. The summed E-state index contributed by atoms with van der Waals surface area (Å²) in [6.07, 6.45) is 3.04. The average molecular weight is 204 g/mol. The molecule has 0 radical (unpaired) electrons. The Morgan fingerprint density at radius 2 is 2.00 bits per heavy atom. The van der Waals surface area contributed by atoms with Crippen molar-refractivity contribution >= 4 is 5.82 Å².